The quantitative estimate of drug-likeness (QED) is 0.389. The average molecular weight is 195 g/mol. The van der Waals surface area contributed by atoms with E-state index in [0.717, 1.165) is 0 Å². The molecule has 0 aromatic rings. The summed E-state index contributed by atoms with van der Waals surface area (Å²) in [5.74, 6) is 0. The van der Waals surface area contributed by atoms with Gasteiger partial charge in [-0.25, -0.2) is 0 Å². The van der Waals surface area contributed by atoms with Crippen LogP contribution in [0.2, 0.25) is 0 Å². The molecule has 8 heteroatoms. The molecule has 0 aliphatic heterocycles. The van der Waals surface area contributed by atoms with E-state index in [1.54, 1.807) is 15.2 Å². The molecule has 0 fully saturated rings. The maximum absolute atomic E-state index is 10.4. The van der Waals surface area contributed by atoms with Crippen molar-refractivity contribution < 1.29 is 8.42 Å². The van der Waals surface area contributed by atoms with Gasteiger partial charge in [0.25, 0.3) is 0 Å². The molecule has 0 aromatic carbocycles. The summed E-state index contributed by atoms with van der Waals surface area (Å²) in [5, 5.41) is 6.34. The Labute approximate surface area is 68.0 Å². The summed E-state index contributed by atoms with van der Waals surface area (Å²) in [6.45, 7) is 0. The summed E-state index contributed by atoms with van der Waals surface area (Å²) < 4.78 is 23.5. The van der Waals surface area contributed by atoms with E-state index in [1.165, 1.54) is 0 Å². The number of rotatable bonds is 3. The molecule has 5 nitrogen and oxygen atoms in total. The minimum absolute atomic E-state index is 1.60. The Morgan fingerprint density at radius 2 is 1.90 bits per heavy atom. The van der Waals surface area contributed by atoms with Gasteiger partial charge in [0.2, 0.25) is 0 Å². The van der Waals surface area contributed by atoms with Crippen molar-refractivity contribution in [1.29, 1.82) is 0 Å². The van der Waals surface area contributed by atoms with Crippen LogP contribution in [0.5, 0.6) is 0 Å². The van der Waals surface area contributed by atoms with E-state index in [-0.39, 0.29) is 0 Å². The maximum atomic E-state index is 10.4. The number of thiocarbonyl (C=S) groups is 2. The summed E-state index contributed by atoms with van der Waals surface area (Å²) in [7, 11) is -3.83. The Balaban J connectivity index is 4.44. The lowest BCUT2D eigenvalue weighted by atomic mass is 11.7. The van der Waals surface area contributed by atoms with Crippen molar-refractivity contribution in [3.05, 3.63) is 0 Å². The molecule has 0 aromatic heterocycles. The zero-order valence-electron chi connectivity index (χ0n) is 4.44. The largest absolute Gasteiger partial charge is 0.366 e. The highest BCUT2D eigenvalue weighted by Gasteiger charge is 2.00. The number of hydrogen-bond acceptors (Lipinski definition) is 5. The van der Waals surface area contributed by atoms with Gasteiger partial charge in [0, 0.05) is 0 Å². The van der Waals surface area contributed by atoms with E-state index in [1.807, 2.05) is 0 Å². The van der Waals surface area contributed by atoms with Gasteiger partial charge in [-0.05, 0) is 24.4 Å². The standard InChI is InChI=1S/C2HN3O2S3/c6-10(7,4-2-9)5-3-1-8/h5H. The Bertz CT molecular complexity index is 294. The zero-order chi connectivity index (χ0) is 8.04. The fourth-order valence-electron chi connectivity index (χ4n) is 0.146. The summed E-state index contributed by atoms with van der Waals surface area (Å²) in [4.78, 5) is 1.60. The summed E-state index contributed by atoms with van der Waals surface area (Å²) in [6.07, 6.45) is 0. The maximum Gasteiger partial charge on any atom is 0.366 e. The second kappa shape index (κ2) is 4.21. The van der Waals surface area contributed by atoms with E-state index in [2.05, 4.69) is 33.9 Å². The van der Waals surface area contributed by atoms with Gasteiger partial charge in [-0.15, -0.1) is 5.10 Å². The molecule has 1 N–H and O–H groups in total. The minimum Gasteiger partial charge on any atom is -0.179 e. The van der Waals surface area contributed by atoms with Gasteiger partial charge in [-0.1, -0.05) is 4.40 Å². The van der Waals surface area contributed by atoms with Crippen LogP contribution in [0.4, 0.5) is 0 Å². The third kappa shape index (κ3) is 4.25. The molecule has 0 aliphatic rings. The number of nitrogens with one attached hydrogen (secondary N) is 1. The fourth-order valence-corrected chi connectivity index (χ4v) is 0.844. The molecule has 0 aliphatic carbocycles. The molecule has 0 saturated heterocycles. The third-order valence-electron chi connectivity index (χ3n) is 0.364. The molecule has 0 rings (SSSR count). The smallest absolute Gasteiger partial charge is 0.179 e. The van der Waals surface area contributed by atoms with Crippen LogP contribution in [-0.2, 0) is 10.2 Å². The van der Waals surface area contributed by atoms with Crippen molar-refractivity contribution in [2.45, 2.75) is 0 Å². The molecule has 0 atom stereocenters. The zero-order valence-corrected chi connectivity index (χ0v) is 6.89. The van der Waals surface area contributed by atoms with Crippen molar-refractivity contribution in [1.82, 2.24) is 4.83 Å². The first-order chi connectivity index (χ1) is 4.62. The second-order valence-corrected chi connectivity index (χ2v) is 2.63. The number of nitrogens with zero attached hydrogens (tertiary/aromatic N) is 2. The lowest BCUT2D eigenvalue weighted by molar-refractivity contribution is 0.587. The van der Waals surface area contributed by atoms with Gasteiger partial charge in [-0.3, -0.25) is 0 Å². The first-order valence-electron chi connectivity index (χ1n) is 1.80. The van der Waals surface area contributed by atoms with Gasteiger partial charge in [0.1, 0.15) is 0 Å². The van der Waals surface area contributed by atoms with Crippen molar-refractivity contribution in [3.63, 3.8) is 0 Å². The van der Waals surface area contributed by atoms with E-state index < -0.39 is 10.2 Å². The predicted molar refractivity (Wildman–Crippen MR) is 42.1 cm³/mol. The first-order valence-corrected chi connectivity index (χ1v) is 4.06. The van der Waals surface area contributed by atoms with Crippen LogP contribution in [0.3, 0.4) is 0 Å². The molecule has 0 heterocycles. The molecule has 0 bridgehead atoms. The molecular formula is C2HN3O2S3. The Morgan fingerprint density at radius 3 is 2.30 bits per heavy atom. The minimum atomic E-state index is -3.83. The Kier molecular flexibility index (Phi) is 3.94. The van der Waals surface area contributed by atoms with Gasteiger partial charge in [-0.2, -0.15) is 13.2 Å². The first kappa shape index (κ1) is 9.35. The molecule has 0 saturated carbocycles. The molecular weight excluding hydrogens is 194 g/mol. The fraction of sp³-hybridized carbons (Fsp3) is 0. The lowest BCUT2D eigenvalue weighted by Crippen LogP contribution is -2.13. The normalized spacial score (nSPS) is 8.80. The average Bonchev–Trinajstić information content (AvgIpc) is 1.84. The third-order valence-corrected chi connectivity index (χ3v) is 1.32. The Morgan fingerprint density at radius 1 is 1.30 bits per heavy atom. The molecule has 0 radical (unpaired) electrons. The number of hydrogen-bond donors (Lipinski definition) is 1. The van der Waals surface area contributed by atoms with Crippen molar-refractivity contribution in [3.8, 4) is 0 Å². The Hall–Kier alpha value is -0.650. The van der Waals surface area contributed by atoms with E-state index in [0.29, 0.717) is 0 Å². The second-order valence-electron chi connectivity index (χ2n) is 0.952. The van der Waals surface area contributed by atoms with Crippen LogP contribution >= 0.6 is 24.4 Å². The molecule has 0 spiro atoms. The van der Waals surface area contributed by atoms with Crippen molar-refractivity contribution >= 4 is 45.0 Å². The van der Waals surface area contributed by atoms with E-state index in [4.69, 9.17) is 0 Å². The molecule has 54 valence electrons. The van der Waals surface area contributed by atoms with Gasteiger partial charge in [0.05, 0.1) is 10.3 Å². The molecule has 0 unspecified atom stereocenters. The van der Waals surface area contributed by atoms with Crippen molar-refractivity contribution in [2.75, 3.05) is 0 Å². The van der Waals surface area contributed by atoms with Crippen LogP contribution in [0, 0.1) is 0 Å². The van der Waals surface area contributed by atoms with Crippen LogP contribution < -0.4 is 4.83 Å². The van der Waals surface area contributed by atoms with Crippen LogP contribution in [-0.4, -0.2) is 18.7 Å². The van der Waals surface area contributed by atoms with Gasteiger partial charge >= 0.3 is 10.2 Å². The number of hydrazone groups is 1. The van der Waals surface area contributed by atoms with Crippen LogP contribution in [0.25, 0.3) is 0 Å². The summed E-state index contributed by atoms with van der Waals surface area (Å²) in [5.41, 5.74) is 0. The highest BCUT2D eigenvalue weighted by molar-refractivity contribution is 7.89. The number of isothiocyanates is 2. The predicted octanol–water partition coefficient (Wildman–Crippen LogP) is -0.0586. The molecule has 10 heavy (non-hydrogen) atoms. The van der Waals surface area contributed by atoms with Gasteiger partial charge < -0.3 is 0 Å². The summed E-state index contributed by atoms with van der Waals surface area (Å²) >= 11 is 8.10. The van der Waals surface area contributed by atoms with Crippen molar-refractivity contribution in [2.24, 2.45) is 9.50 Å². The lowest BCUT2D eigenvalue weighted by Gasteiger charge is -1.87. The van der Waals surface area contributed by atoms with E-state index >= 15 is 0 Å². The SMILES string of the molecule is O=S(=O)(N=C=S)NN=C=S. The van der Waals surface area contributed by atoms with Crippen LogP contribution in [0.1, 0.15) is 0 Å². The highest BCUT2D eigenvalue weighted by Crippen LogP contribution is 1.80. The topological polar surface area (TPSA) is 70.9 Å². The monoisotopic (exact) mass is 195 g/mol. The highest BCUT2D eigenvalue weighted by atomic mass is 32.2. The summed E-state index contributed by atoms with van der Waals surface area (Å²) in [6, 6.07) is 0. The molecule has 0 amide bonds. The van der Waals surface area contributed by atoms with Crippen LogP contribution in [0.15, 0.2) is 9.50 Å². The van der Waals surface area contributed by atoms with E-state index in [9.17, 15) is 8.42 Å². The van der Waals surface area contributed by atoms with Gasteiger partial charge in [0.15, 0.2) is 0 Å².